The normalized spacial score (nSPS) is 17.1. The van der Waals surface area contributed by atoms with Gasteiger partial charge in [-0.15, -0.1) is 11.3 Å². The lowest BCUT2D eigenvalue weighted by Crippen LogP contribution is -2.34. The Morgan fingerprint density at radius 1 is 1.43 bits per heavy atom. The molecule has 3 nitrogen and oxygen atoms in total. The van der Waals surface area contributed by atoms with Crippen molar-refractivity contribution in [1.82, 2.24) is 4.98 Å². The van der Waals surface area contributed by atoms with Gasteiger partial charge < -0.3 is 5.32 Å². The quantitative estimate of drug-likeness (QED) is 0.870. The molecule has 0 bridgehead atoms. The topological polar surface area (TPSA) is 42.0 Å². The Morgan fingerprint density at radius 3 is 3.00 bits per heavy atom. The van der Waals surface area contributed by atoms with Crippen LogP contribution in [-0.2, 0) is 11.2 Å². The Labute approximate surface area is 133 Å². The Morgan fingerprint density at radius 2 is 2.24 bits per heavy atom. The van der Waals surface area contributed by atoms with Gasteiger partial charge in [0.25, 0.3) is 0 Å². The summed E-state index contributed by atoms with van der Waals surface area (Å²) in [5.74, 6) is 0.756. The number of carbonyl (C=O) groups excluding carboxylic acids is 1. The molecule has 0 amide bonds. The molecule has 2 aromatic rings. The summed E-state index contributed by atoms with van der Waals surface area (Å²) in [7, 11) is 0. The second kappa shape index (κ2) is 6.20. The number of hydrogen-bond acceptors (Lipinski definition) is 5. The number of fused-ring (bicyclic) bond motifs is 1. The fraction of sp³-hybridized carbons (Fsp3) is 0.375. The first-order valence-corrected chi connectivity index (χ1v) is 8.87. The van der Waals surface area contributed by atoms with E-state index >= 15 is 0 Å². The second-order valence-corrected chi connectivity index (χ2v) is 7.69. The van der Waals surface area contributed by atoms with Gasteiger partial charge in [0.05, 0.1) is 17.5 Å². The Kier molecular flexibility index (Phi) is 4.31. The molecular formula is C16H18N2OS2. The van der Waals surface area contributed by atoms with E-state index in [1.54, 1.807) is 23.1 Å². The Balaban J connectivity index is 1.59. The van der Waals surface area contributed by atoms with Crippen LogP contribution >= 0.6 is 23.1 Å². The number of para-hydroxylation sites is 1. The standard InChI is InChI=1S/C16H18N2OS2/c1-10-11(2)21-16(17-10)20-9-15(19)14-8-7-12-5-3-4-6-13(12)18-14/h3-6,14,18H,7-9H2,1-2H3. The molecular weight excluding hydrogens is 300 g/mol. The number of rotatable bonds is 4. The molecule has 5 heteroatoms. The maximum atomic E-state index is 12.4. The molecule has 1 atom stereocenters. The summed E-state index contributed by atoms with van der Waals surface area (Å²) in [4.78, 5) is 18.1. The molecule has 1 N–H and O–H groups in total. The van der Waals surface area contributed by atoms with Crippen LogP contribution in [0, 0.1) is 13.8 Å². The van der Waals surface area contributed by atoms with Crippen LogP contribution in [0.25, 0.3) is 0 Å². The van der Waals surface area contributed by atoms with Crippen molar-refractivity contribution in [2.45, 2.75) is 37.1 Å². The van der Waals surface area contributed by atoms with Gasteiger partial charge in [0.15, 0.2) is 10.1 Å². The molecule has 1 aromatic carbocycles. The minimum atomic E-state index is -0.0606. The van der Waals surface area contributed by atoms with Crippen LogP contribution in [0.3, 0.4) is 0 Å². The van der Waals surface area contributed by atoms with E-state index in [1.165, 1.54) is 10.4 Å². The summed E-state index contributed by atoms with van der Waals surface area (Å²) in [5, 5.41) is 3.37. The number of anilines is 1. The molecule has 3 rings (SSSR count). The van der Waals surface area contributed by atoms with Crippen molar-refractivity contribution in [2.75, 3.05) is 11.1 Å². The Hall–Kier alpha value is -1.33. The third-order valence-electron chi connectivity index (χ3n) is 3.78. The highest BCUT2D eigenvalue weighted by Crippen LogP contribution is 2.28. The van der Waals surface area contributed by atoms with Gasteiger partial charge >= 0.3 is 0 Å². The van der Waals surface area contributed by atoms with Crippen LogP contribution in [0.5, 0.6) is 0 Å². The number of thiazole rings is 1. The third-order valence-corrected chi connectivity index (χ3v) is 6.02. The summed E-state index contributed by atoms with van der Waals surface area (Å²) in [6.45, 7) is 4.08. The Bertz CT molecular complexity index is 647. The maximum absolute atomic E-state index is 12.4. The summed E-state index contributed by atoms with van der Waals surface area (Å²) < 4.78 is 0.995. The molecule has 0 radical (unpaired) electrons. The van der Waals surface area contributed by atoms with Gasteiger partial charge in [0, 0.05) is 10.6 Å². The molecule has 0 aliphatic carbocycles. The van der Waals surface area contributed by atoms with E-state index in [9.17, 15) is 4.79 Å². The van der Waals surface area contributed by atoms with Crippen molar-refractivity contribution >= 4 is 34.6 Å². The van der Waals surface area contributed by atoms with E-state index in [1.807, 2.05) is 19.1 Å². The van der Waals surface area contributed by atoms with Gasteiger partial charge in [-0.3, -0.25) is 4.79 Å². The van der Waals surface area contributed by atoms with Gasteiger partial charge in [-0.1, -0.05) is 30.0 Å². The van der Waals surface area contributed by atoms with Crippen LogP contribution in [0.4, 0.5) is 5.69 Å². The summed E-state index contributed by atoms with van der Waals surface area (Å²) in [6, 6.07) is 8.17. The minimum Gasteiger partial charge on any atom is -0.375 e. The highest BCUT2D eigenvalue weighted by Gasteiger charge is 2.23. The van der Waals surface area contributed by atoms with E-state index in [0.29, 0.717) is 5.75 Å². The van der Waals surface area contributed by atoms with E-state index in [0.717, 1.165) is 28.6 Å². The van der Waals surface area contributed by atoms with E-state index in [-0.39, 0.29) is 11.8 Å². The van der Waals surface area contributed by atoms with Crippen molar-refractivity contribution < 1.29 is 4.79 Å². The predicted octanol–water partition coefficient (Wildman–Crippen LogP) is 3.85. The lowest BCUT2D eigenvalue weighted by atomic mass is 9.96. The van der Waals surface area contributed by atoms with Gasteiger partial charge in [-0.2, -0.15) is 0 Å². The number of nitrogens with zero attached hydrogens (tertiary/aromatic N) is 1. The maximum Gasteiger partial charge on any atom is 0.165 e. The number of thioether (sulfide) groups is 1. The first-order valence-electron chi connectivity index (χ1n) is 7.07. The average molecular weight is 318 g/mol. The molecule has 0 fully saturated rings. The van der Waals surface area contributed by atoms with Gasteiger partial charge in [0.1, 0.15) is 0 Å². The first-order chi connectivity index (χ1) is 10.1. The van der Waals surface area contributed by atoms with Gasteiger partial charge in [0.2, 0.25) is 0 Å². The number of nitrogens with one attached hydrogen (secondary N) is 1. The van der Waals surface area contributed by atoms with Crippen molar-refractivity contribution in [1.29, 1.82) is 0 Å². The number of aryl methyl sites for hydroxylation is 3. The number of benzene rings is 1. The zero-order valence-electron chi connectivity index (χ0n) is 12.2. The highest BCUT2D eigenvalue weighted by molar-refractivity contribution is 8.01. The van der Waals surface area contributed by atoms with Crippen molar-refractivity contribution in [3.63, 3.8) is 0 Å². The first kappa shape index (κ1) is 14.6. The summed E-state index contributed by atoms with van der Waals surface area (Å²) in [6.07, 6.45) is 1.85. The summed E-state index contributed by atoms with van der Waals surface area (Å²) in [5.41, 5.74) is 3.48. The number of carbonyl (C=O) groups is 1. The second-order valence-electron chi connectivity index (χ2n) is 5.27. The molecule has 0 saturated heterocycles. The number of hydrogen-bond donors (Lipinski definition) is 1. The number of aromatic nitrogens is 1. The molecule has 1 aliphatic heterocycles. The van der Waals surface area contributed by atoms with Crippen LogP contribution in [-0.4, -0.2) is 22.6 Å². The summed E-state index contributed by atoms with van der Waals surface area (Å²) >= 11 is 3.23. The molecule has 0 saturated carbocycles. The van der Waals surface area contributed by atoms with Crippen LogP contribution in [0.1, 0.15) is 22.6 Å². The van der Waals surface area contributed by atoms with E-state index in [4.69, 9.17) is 0 Å². The molecule has 2 heterocycles. The van der Waals surface area contributed by atoms with Gasteiger partial charge in [-0.05, 0) is 38.3 Å². The molecule has 1 aromatic heterocycles. The van der Waals surface area contributed by atoms with Crippen LogP contribution in [0.15, 0.2) is 28.6 Å². The molecule has 1 unspecified atom stereocenters. The zero-order chi connectivity index (χ0) is 14.8. The highest BCUT2D eigenvalue weighted by atomic mass is 32.2. The van der Waals surface area contributed by atoms with Crippen LogP contribution < -0.4 is 5.32 Å². The van der Waals surface area contributed by atoms with Crippen molar-refractivity contribution in [3.8, 4) is 0 Å². The van der Waals surface area contributed by atoms with E-state index < -0.39 is 0 Å². The molecule has 0 spiro atoms. The SMILES string of the molecule is Cc1nc(SCC(=O)C2CCc3ccccc3N2)sc1C. The van der Waals surface area contributed by atoms with Crippen molar-refractivity contribution in [3.05, 3.63) is 40.4 Å². The van der Waals surface area contributed by atoms with E-state index in [2.05, 4.69) is 29.4 Å². The van der Waals surface area contributed by atoms with Crippen LogP contribution in [0.2, 0.25) is 0 Å². The minimum absolute atomic E-state index is 0.0606. The number of Topliss-reactive ketones (excluding diaryl/α,β-unsaturated/α-hetero) is 1. The fourth-order valence-corrected chi connectivity index (χ4v) is 4.51. The smallest absolute Gasteiger partial charge is 0.165 e. The average Bonchev–Trinajstić information content (AvgIpc) is 2.83. The van der Waals surface area contributed by atoms with Gasteiger partial charge in [-0.25, -0.2) is 4.98 Å². The number of ketones is 1. The molecule has 1 aliphatic rings. The predicted molar refractivity (Wildman–Crippen MR) is 89.5 cm³/mol. The third kappa shape index (κ3) is 3.30. The molecule has 110 valence electrons. The fourth-order valence-electron chi connectivity index (χ4n) is 2.42. The largest absolute Gasteiger partial charge is 0.375 e. The van der Waals surface area contributed by atoms with Crippen molar-refractivity contribution in [2.24, 2.45) is 0 Å². The zero-order valence-corrected chi connectivity index (χ0v) is 13.8. The lowest BCUT2D eigenvalue weighted by Gasteiger charge is -2.25. The monoisotopic (exact) mass is 318 g/mol. The molecule has 21 heavy (non-hydrogen) atoms. The lowest BCUT2D eigenvalue weighted by molar-refractivity contribution is -0.117.